The minimum atomic E-state index is -0.116. The van der Waals surface area contributed by atoms with E-state index in [4.69, 9.17) is 0 Å². The molecule has 2 fully saturated rings. The van der Waals surface area contributed by atoms with Gasteiger partial charge in [0.15, 0.2) is 11.0 Å². The van der Waals surface area contributed by atoms with Crippen molar-refractivity contribution in [3.05, 3.63) is 54.0 Å². The summed E-state index contributed by atoms with van der Waals surface area (Å²) < 4.78 is 1.83. The Morgan fingerprint density at radius 3 is 2.66 bits per heavy atom. The van der Waals surface area contributed by atoms with Crippen LogP contribution in [0.25, 0.3) is 5.82 Å². The number of nitrogens with zero attached hydrogens (tertiary/aromatic N) is 6. The first-order valence-corrected chi connectivity index (χ1v) is 13.0. The van der Waals surface area contributed by atoms with Crippen LogP contribution in [0.4, 0.5) is 11.4 Å². The van der Waals surface area contributed by atoms with Crippen molar-refractivity contribution in [2.24, 2.45) is 0 Å². The second-order valence-corrected chi connectivity index (χ2v) is 9.82. The molecule has 0 unspecified atom stereocenters. The number of likely N-dealkylation sites (tertiary alicyclic amines) is 1. The molecule has 1 aromatic carbocycles. The molecule has 0 radical (unpaired) electrons. The summed E-state index contributed by atoms with van der Waals surface area (Å²) >= 11 is 1.30. The molecule has 3 aromatic rings. The summed E-state index contributed by atoms with van der Waals surface area (Å²) in [7, 11) is 0. The van der Waals surface area contributed by atoms with Crippen LogP contribution in [-0.4, -0.2) is 61.8 Å². The third-order valence-corrected chi connectivity index (χ3v) is 7.27. The number of benzene rings is 1. The van der Waals surface area contributed by atoms with Gasteiger partial charge in [-0.15, -0.1) is 10.2 Å². The van der Waals surface area contributed by atoms with E-state index in [-0.39, 0.29) is 17.6 Å². The molecular formula is C25H29N7O2S. The summed E-state index contributed by atoms with van der Waals surface area (Å²) in [4.78, 5) is 33.5. The molecular weight excluding hydrogens is 462 g/mol. The zero-order chi connectivity index (χ0) is 24.2. The Labute approximate surface area is 208 Å². The van der Waals surface area contributed by atoms with Crippen LogP contribution in [0.2, 0.25) is 0 Å². The Kier molecular flexibility index (Phi) is 6.98. The van der Waals surface area contributed by atoms with Crippen molar-refractivity contribution in [3.8, 4) is 5.82 Å². The molecule has 0 atom stereocenters. The largest absolute Gasteiger partial charge is 0.371 e. The van der Waals surface area contributed by atoms with E-state index in [9.17, 15) is 9.59 Å². The highest BCUT2D eigenvalue weighted by molar-refractivity contribution is 7.99. The average Bonchev–Trinajstić information content (AvgIpc) is 3.61. The Morgan fingerprint density at radius 1 is 1.09 bits per heavy atom. The van der Waals surface area contributed by atoms with E-state index in [1.165, 1.54) is 30.3 Å². The molecule has 35 heavy (non-hydrogen) atoms. The van der Waals surface area contributed by atoms with Crippen LogP contribution >= 0.6 is 11.8 Å². The molecule has 2 aliphatic heterocycles. The highest BCUT2D eigenvalue weighted by atomic mass is 32.2. The van der Waals surface area contributed by atoms with Crippen molar-refractivity contribution in [2.45, 2.75) is 44.3 Å². The van der Waals surface area contributed by atoms with Gasteiger partial charge in [-0.3, -0.25) is 14.2 Å². The number of hydrogen-bond donors (Lipinski definition) is 1. The van der Waals surface area contributed by atoms with Gasteiger partial charge in [0.1, 0.15) is 5.82 Å². The minimum absolute atomic E-state index is 0.116. The number of anilines is 2. The zero-order valence-corrected chi connectivity index (χ0v) is 20.6. The lowest BCUT2D eigenvalue weighted by Crippen LogP contribution is -2.26. The van der Waals surface area contributed by atoms with Crippen molar-refractivity contribution in [1.29, 1.82) is 0 Å². The predicted molar refractivity (Wildman–Crippen MR) is 136 cm³/mol. The zero-order valence-electron chi connectivity index (χ0n) is 19.8. The second kappa shape index (κ2) is 10.5. The molecule has 2 aromatic heterocycles. The van der Waals surface area contributed by atoms with E-state index in [1.807, 2.05) is 34.9 Å². The normalized spacial score (nSPS) is 15.7. The number of carbonyl (C=O) groups excluding carboxylic acids is 2. The molecule has 5 rings (SSSR count). The lowest BCUT2D eigenvalue weighted by atomic mass is 10.1. The van der Waals surface area contributed by atoms with Crippen LogP contribution in [0, 0.1) is 6.92 Å². The van der Waals surface area contributed by atoms with Crippen LogP contribution < -0.4 is 10.2 Å². The number of carbonyl (C=O) groups is 2. The highest BCUT2D eigenvalue weighted by Crippen LogP contribution is 2.27. The van der Waals surface area contributed by atoms with E-state index in [2.05, 4.69) is 38.4 Å². The lowest BCUT2D eigenvalue weighted by Gasteiger charge is -2.20. The maximum atomic E-state index is 12.7. The highest BCUT2D eigenvalue weighted by Gasteiger charge is 2.24. The molecule has 2 aliphatic rings. The van der Waals surface area contributed by atoms with Crippen molar-refractivity contribution in [1.82, 2.24) is 24.6 Å². The summed E-state index contributed by atoms with van der Waals surface area (Å²) in [5.74, 6) is 1.49. The van der Waals surface area contributed by atoms with Gasteiger partial charge in [-0.05, 0) is 62.1 Å². The lowest BCUT2D eigenvalue weighted by molar-refractivity contribution is -0.128. The fraction of sp³-hybridized carbons (Fsp3) is 0.400. The van der Waals surface area contributed by atoms with Gasteiger partial charge >= 0.3 is 0 Å². The number of aryl methyl sites for hydroxylation is 1. The molecule has 4 heterocycles. The van der Waals surface area contributed by atoms with Crippen molar-refractivity contribution < 1.29 is 9.59 Å². The van der Waals surface area contributed by atoms with E-state index < -0.39 is 0 Å². The first-order valence-electron chi connectivity index (χ1n) is 12.0. The maximum absolute atomic E-state index is 12.7. The molecule has 0 bridgehead atoms. The molecule has 2 amide bonds. The molecule has 10 heteroatoms. The monoisotopic (exact) mass is 491 g/mol. The van der Waals surface area contributed by atoms with Gasteiger partial charge in [-0.25, -0.2) is 4.98 Å². The third-order valence-electron chi connectivity index (χ3n) is 6.34. The number of amides is 2. The molecule has 1 N–H and O–H groups in total. The Balaban J connectivity index is 1.27. The maximum Gasteiger partial charge on any atom is 0.234 e. The Hall–Kier alpha value is -3.40. The van der Waals surface area contributed by atoms with Gasteiger partial charge in [0, 0.05) is 43.6 Å². The van der Waals surface area contributed by atoms with Gasteiger partial charge in [0.05, 0.1) is 12.3 Å². The molecule has 9 nitrogen and oxygen atoms in total. The summed E-state index contributed by atoms with van der Waals surface area (Å²) in [5, 5.41) is 12.2. The summed E-state index contributed by atoms with van der Waals surface area (Å²) in [6.45, 7) is 5.36. The van der Waals surface area contributed by atoms with Crippen LogP contribution in [-0.2, 0) is 16.1 Å². The third kappa shape index (κ3) is 5.32. The van der Waals surface area contributed by atoms with E-state index in [0.29, 0.717) is 29.8 Å². The Bertz CT molecular complexity index is 1210. The fourth-order valence-electron chi connectivity index (χ4n) is 4.63. The van der Waals surface area contributed by atoms with Crippen molar-refractivity contribution >= 4 is 35.0 Å². The summed E-state index contributed by atoms with van der Waals surface area (Å²) in [5.41, 5.74) is 3.19. The topological polar surface area (TPSA) is 96.2 Å². The molecule has 182 valence electrons. The quantitative estimate of drug-likeness (QED) is 0.482. The molecule has 0 spiro atoms. The van der Waals surface area contributed by atoms with Crippen LogP contribution in [0.5, 0.6) is 0 Å². The first kappa shape index (κ1) is 23.3. The number of hydrogen-bond acceptors (Lipinski definition) is 7. The minimum Gasteiger partial charge on any atom is -0.371 e. The van der Waals surface area contributed by atoms with E-state index in [1.54, 1.807) is 11.1 Å². The number of nitrogens with one attached hydrogen (secondary N) is 1. The second-order valence-electron chi connectivity index (χ2n) is 8.87. The van der Waals surface area contributed by atoms with Crippen molar-refractivity contribution in [3.63, 3.8) is 0 Å². The summed E-state index contributed by atoms with van der Waals surface area (Å²) in [6.07, 6.45) is 5.59. The first-order chi connectivity index (χ1) is 17.1. The summed E-state index contributed by atoms with van der Waals surface area (Å²) in [6, 6.07) is 11.7. The average molecular weight is 492 g/mol. The van der Waals surface area contributed by atoms with Crippen LogP contribution in [0.15, 0.2) is 47.8 Å². The molecule has 0 saturated carbocycles. The van der Waals surface area contributed by atoms with Gasteiger partial charge in [-0.1, -0.05) is 17.8 Å². The number of aromatic nitrogens is 4. The standard InChI is InChI=1S/C25H29N7O2S/c1-18-15-19(9-10-20(18)30-12-4-5-13-30)27-23(33)17-35-25-29-28-22(16-31-14-6-8-24(31)34)32(25)21-7-2-3-11-26-21/h2-3,7,9-11,15H,4-6,8,12-14,16-17H2,1H3,(H,27,33). The Morgan fingerprint density at radius 2 is 1.94 bits per heavy atom. The number of rotatable bonds is 8. The predicted octanol–water partition coefficient (Wildman–Crippen LogP) is 3.42. The fourth-order valence-corrected chi connectivity index (χ4v) is 5.39. The molecule has 0 aliphatic carbocycles. The van der Waals surface area contributed by atoms with Gasteiger partial charge in [0.25, 0.3) is 0 Å². The van der Waals surface area contributed by atoms with E-state index >= 15 is 0 Å². The van der Waals surface area contributed by atoms with Crippen molar-refractivity contribution in [2.75, 3.05) is 35.6 Å². The van der Waals surface area contributed by atoms with E-state index in [0.717, 1.165) is 37.3 Å². The molecule has 2 saturated heterocycles. The van der Waals surface area contributed by atoms with Gasteiger partial charge < -0.3 is 15.1 Å². The van der Waals surface area contributed by atoms with Gasteiger partial charge in [-0.2, -0.15) is 0 Å². The van der Waals surface area contributed by atoms with Crippen LogP contribution in [0.1, 0.15) is 37.1 Å². The number of thioether (sulfide) groups is 1. The number of pyridine rings is 1. The van der Waals surface area contributed by atoms with Crippen LogP contribution in [0.3, 0.4) is 0 Å². The SMILES string of the molecule is Cc1cc(NC(=O)CSc2nnc(CN3CCCC3=O)n2-c2ccccn2)ccc1N1CCCC1. The smallest absolute Gasteiger partial charge is 0.234 e. The van der Waals surface area contributed by atoms with Gasteiger partial charge in [0.2, 0.25) is 11.8 Å².